The predicted octanol–water partition coefficient (Wildman–Crippen LogP) is 7.92. The molecule has 0 aromatic heterocycles. The van der Waals surface area contributed by atoms with E-state index < -0.39 is 0 Å². The summed E-state index contributed by atoms with van der Waals surface area (Å²) in [5.74, 6) is 0.259. The van der Waals surface area contributed by atoms with Gasteiger partial charge in [0, 0.05) is 6.54 Å². The van der Waals surface area contributed by atoms with Gasteiger partial charge in [0.1, 0.15) is 5.75 Å². The molecule has 0 atom stereocenters. The van der Waals surface area contributed by atoms with Crippen molar-refractivity contribution in [3.63, 3.8) is 0 Å². The molecule has 0 heterocycles. The summed E-state index contributed by atoms with van der Waals surface area (Å²) in [4.78, 5) is 11.7. The van der Waals surface area contributed by atoms with Crippen LogP contribution in [0.15, 0.2) is 24.3 Å². The van der Waals surface area contributed by atoms with Gasteiger partial charge in [0.25, 0.3) is 0 Å². The molecule has 0 saturated heterocycles. The summed E-state index contributed by atoms with van der Waals surface area (Å²) >= 11 is 0. The molecule has 4 nitrogen and oxygen atoms in total. The van der Waals surface area contributed by atoms with E-state index in [1.807, 2.05) is 12.1 Å². The maximum Gasteiger partial charge on any atom is 0.407 e. The Morgan fingerprint density at radius 1 is 0.742 bits per heavy atom. The number of nitrogens with one attached hydrogen (secondary N) is 1. The van der Waals surface area contributed by atoms with Crippen molar-refractivity contribution >= 4 is 6.09 Å². The highest BCUT2D eigenvalue weighted by Gasteiger charge is 2.02. The molecule has 1 rings (SSSR count). The van der Waals surface area contributed by atoms with Crippen molar-refractivity contribution in [2.45, 2.75) is 116 Å². The van der Waals surface area contributed by atoms with Gasteiger partial charge in [-0.15, -0.1) is 0 Å². The molecule has 0 spiro atoms. The first-order valence-electron chi connectivity index (χ1n) is 12.9. The lowest BCUT2D eigenvalue weighted by atomic mass is 10.0. The molecular weight excluding hydrogens is 386 g/mol. The molecule has 31 heavy (non-hydrogen) atoms. The van der Waals surface area contributed by atoms with Gasteiger partial charge in [-0.05, 0) is 30.5 Å². The molecule has 0 bridgehead atoms. The Morgan fingerprint density at radius 2 is 1.19 bits per heavy atom. The van der Waals surface area contributed by atoms with E-state index in [1.165, 1.54) is 89.9 Å². The number of aromatic hydroxyl groups is 1. The SMILES string of the molecule is CCCCCCCCCCCCCCCCCCOC(=O)NCCc1ccc(O)cc1. The van der Waals surface area contributed by atoms with Crippen LogP contribution in [0, 0.1) is 0 Å². The number of hydrogen-bond acceptors (Lipinski definition) is 3. The molecule has 0 aliphatic rings. The van der Waals surface area contributed by atoms with E-state index in [0.717, 1.165) is 24.8 Å². The van der Waals surface area contributed by atoms with Crippen LogP contribution in [0.4, 0.5) is 4.79 Å². The van der Waals surface area contributed by atoms with Crippen molar-refractivity contribution in [3.8, 4) is 5.75 Å². The van der Waals surface area contributed by atoms with Crippen molar-refractivity contribution in [3.05, 3.63) is 29.8 Å². The molecule has 0 fully saturated rings. The Balaban J connectivity index is 1.76. The lowest BCUT2D eigenvalue weighted by Crippen LogP contribution is -2.26. The van der Waals surface area contributed by atoms with E-state index in [4.69, 9.17) is 4.74 Å². The smallest absolute Gasteiger partial charge is 0.407 e. The van der Waals surface area contributed by atoms with Crippen LogP contribution in [0.2, 0.25) is 0 Å². The topological polar surface area (TPSA) is 58.6 Å². The highest BCUT2D eigenvalue weighted by Crippen LogP contribution is 2.14. The van der Waals surface area contributed by atoms with Gasteiger partial charge in [-0.2, -0.15) is 0 Å². The Labute approximate surface area is 191 Å². The predicted molar refractivity (Wildman–Crippen MR) is 131 cm³/mol. The van der Waals surface area contributed by atoms with Crippen molar-refractivity contribution in [2.75, 3.05) is 13.2 Å². The minimum Gasteiger partial charge on any atom is -0.508 e. The van der Waals surface area contributed by atoms with Gasteiger partial charge in [-0.3, -0.25) is 0 Å². The Bertz CT molecular complexity index is 530. The van der Waals surface area contributed by atoms with Crippen LogP contribution in [0.5, 0.6) is 5.75 Å². The summed E-state index contributed by atoms with van der Waals surface area (Å²) in [6.45, 7) is 3.33. The molecule has 0 aliphatic carbocycles. The molecule has 1 aromatic carbocycles. The van der Waals surface area contributed by atoms with Crippen LogP contribution < -0.4 is 5.32 Å². The van der Waals surface area contributed by atoms with Crippen LogP contribution in [0.1, 0.15) is 115 Å². The molecule has 1 aromatic rings. The number of carbonyl (C=O) groups is 1. The van der Waals surface area contributed by atoms with E-state index in [2.05, 4.69) is 12.2 Å². The second-order valence-electron chi connectivity index (χ2n) is 8.78. The van der Waals surface area contributed by atoms with Gasteiger partial charge < -0.3 is 15.2 Å². The highest BCUT2D eigenvalue weighted by molar-refractivity contribution is 5.67. The maximum absolute atomic E-state index is 11.7. The number of phenols is 1. The van der Waals surface area contributed by atoms with Gasteiger partial charge in [0.15, 0.2) is 0 Å². The summed E-state index contributed by atoms with van der Waals surface area (Å²) in [7, 11) is 0. The summed E-state index contributed by atoms with van der Waals surface area (Å²) < 4.78 is 5.23. The third-order valence-corrected chi connectivity index (χ3v) is 5.85. The third-order valence-electron chi connectivity index (χ3n) is 5.85. The number of phenolic OH excluding ortho intramolecular Hbond substituents is 1. The van der Waals surface area contributed by atoms with Crippen LogP contribution >= 0.6 is 0 Å². The zero-order chi connectivity index (χ0) is 22.4. The van der Waals surface area contributed by atoms with Gasteiger partial charge in [-0.1, -0.05) is 115 Å². The molecular formula is C27H47NO3. The second kappa shape index (κ2) is 20.2. The first kappa shape index (κ1) is 27.3. The Morgan fingerprint density at radius 3 is 1.68 bits per heavy atom. The maximum atomic E-state index is 11.7. The third kappa shape index (κ3) is 17.6. The molecule has 1 amide bonds. The highest BCUT2D eigenvalue weighted by atomic mass is 16.5. The van der Waals surface area contributed by atoms with Crippen molar-refractivity contribution in [1.82, 2.24) is 5.32 Å². The average Bonchev–Trinajstić information content (AvgIpc) is 2.77. The normalized spacial score (nSPS) is 10.9. The van der Waals surface area contributed by atoms with E-state index >= 15 is 0 Å². The number of alkyl carbamates (subject to hydrolysis) is 1. The molecule has 4 heteroatoms. The molecule has 0 unspecified atom stereocenters. The number of hydrogen-bond donors (Lipinski definition) is 2. The zero-order valence-corrected chi connectivity index (χ0v) is 20.0. The lowest BCUT2D eigenvalue weighted by Gasteiger charge is -2.07. The molecule has 178 valence electrons. The fourth-order valence-corrected chi connectivity index (χ4v) is 3.84. The number of benzene rings is 1. The summed E-state index contributed by atoms with van der Waals surface area (Å²) in [5.41, 5.74) is 1.08. The molecule has 0 saturated carbocycles. The largest absolute Gasteiger partial charge is 0.508 e. The Kier molecular flexibility index (Phi) is 17.8. The average molecular weight is 434 g/mol. The van der Waals surface area contributed by atoms with Crippen LogP contribution in [-0.4, -0.2) is 24.4 Å². The van der Waals surface area contributed by atoms with Crippen molar-refractivity contribution in [2.24, 2.45) is 0 Å². The summed E-state index contributed by atoms with van der Waals surface area (Å²) in [6.07, 6.45) is 21.9. The van der Waals surface area contributed by atoms with Gasteiger partial charge in [-0.25, -0.2) is 4.79 Å². The first-order valence-corrected chi connectivity index (χ1v) is 12.9. The van der Waals surface area contributed by atoms with E-state index in [-0.39, 0.29) is 11.8 Å². The number of unbranched alkanes of at least 4 members (excludes halogenated alkanes) is 15. The van der Waals surface area contributed by atoms with E-state index in [1.54, 1.807) is 12.1 Å². The molecule has 2 N–H and O–H groups in total. The van der Waals surface area contributed by atoms with Gasteiger partial charge >= 0.3 is 6.09 Å². The van der Waals surface area contributed by atoms with Crippen molar-refractivity contribution < 1.29 is 14.6 Å². The van der Waals surface area contributed by atoms with Gasteiger partial charge in [0.05, 0.1) is 6.61 Å². The monoisotopic (exact) mass is 433 g/mol. The quantitative estimate of drug-likeness (QED) is 0.205. The molecule has 0 aliphatic heterocycles. The van der Waals surface area contributed by atoms with E-state index in [0.29, 0.717) is 13.2 Å². The minimum atomic E-state index is -0.334. The number of carbonyl (C=O) groups excluding carboxylic acids is 1. The minimum absolute atomic E-state index is 0.259. The van der Waals surface area contributed by atoms with Crippen LogP contribution in [0.25, 0.3) is 0 Å². The summed E-state index contributed by atoms with van der Waals surface area (Å²) in [6, 6.07) is 7.04. The molecule has 0 radical (unpaired) electrons. The lowest BCUT2D eigenvalue weighted by molar-refractivity contribution is 0.144. The van der Waals surface area contributed by atoms with Gasteiger partial charge in [0.2, 0.25) is 0 Å². The summed E-state index contributed by atoms with van der Waals surface area (Å²) in [5, 5.41) is 12.0. The number of amides is 1. The Hall–Kier alpha value is -1.71. The fourth-order valence-electron chi connectivity index (χ4n) is 3.84. The number of ether oxygens (including phenoxy) is 1. The van der Waals surface area contributed by atoms with E-state index in [9.17, 15) is 9.90 Å². The van der Waals surface area contributed by atoms with Crippen LogP contribution in [0.3, 0.4) is 0 Å². The zero-order valence-electron chi connectivity index (χ0n) is 20.0. The standard InChI is InChI=1S/C27H47NO3/c1-2-3-4-5-6-7-8-9-10-11-12-13-14-15-16-17-24-31-27(30)28-23-22-25-18-20-26(29)21-19-25/h18-21,29H,2-17,22-24H2,1H3,(H,28,30). The van der Waals surface area contributed by atoms with Crippen molar-refractivity contribution in [1.29, 1.82) is 0 Å². The fraction of sp³-hybridized carbons (Fsp3) is 0.741. The first-order chi connectivity index (χ1) is 15.2. The second-order valence-corrected chi connectivity index (χ2v) is 8.78. The number of rotatable bonds is 20. The van der Waals surface area contributed by atoms with Crippen LogP contribution in [-0.2, 0) is 11.2 Å².